The van der Waals surface area contributed by atoms with Crippen molar-refractivity contribution in [2.45, 2.75) is 6.54 Å². The standard InChI is InChI=1S/C22H21N3O3S/c1-23-20(26)16-11-9-15(10-12-16)14-25(2)22(28)17-6-3-4-7-18(17)24-21(27)19-8-5-13-29-19/h3-13H,14H2,1-2H3,(H,23,26)(H,24,27). The quantitative estimate of drug-likeness (QED) is 0.655. The van der Waals surface area contributed by atoms with E-state index in [4.69, 9.17) is 0 Å². The van der Waals surface area contributed by atoms with Crippen LogP contribution >= 0.6 is 11.3 Å². The number of rotatable bonds is 6. The van der Waals surface area contributed by atoms with Crippen LogP contribution in [0.15, 0.2) is 66.0 Å². The van der Waals surface area contributed by atoms with E-state index < -0.39 is 0 Å². The number of nitrogens with zero attached hydrogens (tertiary/aromatic N) is 1. The minimum atomic E-state index is -0.243. The zero-order chi connectivity index (χ0) is 20.8. The fourth-order valence-electron chi connectivity index (χ4n) is 2.83. The SMILES string of the molecule is CNC(=O)c1ccc(CN(C)C(=O)c2ccccc2NC(=O)c2cccs2)cc1. The van der Waals surface area contributed by atoms with Crippen LogP contribution in [0, 0.1) is 0 Å². The molecule has 1 aromatic heterocycles. The van der Waals surface area contributed by atoms with Crippen molar-refractivity contribution in [3.63, 3.8) is 0 Å². The molecule has 1 heterocycles. The third-order valence-electron chi connectivity index (χ3n) is 4.36. The molecule has 0 aliphatic carbocycles. The lowest BCUT2D eigenvalue weighted by Crippen LogP contribution is -2.27. The molecular weight excluding hydrogens is 386 g/mol. The maximum absolute atomic E-state index is 13.0. The second-order valence-corrected chi connectivity index (χ2v) is 7.36. The first-order chi connectivity index (χ1) is 14.0. The van der Waals surface area contributed by atoms with E-state index in [1.54, 1.807) is 67.5 Å². The van der Waals surface area contributed by atoms with Gasteiger partial charge in [0.15, 0.2) is 0 Å². The third-order valence-corrected chi connectivity index (χ3v) is 5.23. The van der Waals surface area contributed by atoms with Gasteiger partial charge in [0.05, 0.1) is 16.1 Å². The Bertz CT molecular complexity index is 1010. The molecule has 0 saturated carbocycles. The van der Waals surface area contributed by atoms with Gasteiger partial charge in [0.25, 0.3) is 17.7 Å². The number of carbonyl (C=O) groups is 3. The molecule has 2 aromatic carbocycles. The molecule has 0 saturated heterocycles. The first-order valence-electron chi connectivity index (χ1n) is 9.00. The van der Waals surface area contributed by atoms with Crippen LogP contribution in [0.3, 0.4) is 0 Å². The fraction of sp³-hybridized carbons (Fsp3) is 0.136. The molecule has 3 rings (SSSR count). The van der Waals surface area contributed by atoms with Crippen LogP contribution in [0.1, 0.15) is 36.0 Å². The molecule has 0 spiro atoms. The van der Waals surface area contributed by atoms with Gasteiger partial charge in [0.1, 0.15) is 0 Å². The molecule has 0 aliphatic heterocycles. The van der Waals surface area contributed by atoms with Crippen molar-refractivity contribution in [1.82, 2.24) is 10.2 Å². The van der Waals surface area contributed by atoms with Crippen LogP contribution in [0.25, 0.3) is 0 Å². The summed E-state index contributed by atoms with van der Waals surface area (Å²) in [7, 11) is 3.28. The minimum Gasteiger partial charge on any atom is -0.355 e. The summed E-state index contributed by atoms with van der Waals surface area (Å²) in [5.74, 6) is -0.605. The van der Waals surface area contributed by atoms with E-state index in [2.05, 4.69) is 10.6 Å². The second kappa shape index (κ2) is 9.16. The summed E-state index contributed by atoms with van der Waals surface area (Å²) in [6, 6.07) is 17.6. The fourth-order valence-corrected chi connectivity index (χ4v) is 3.45. The Hall–Kier alpha value is -3.45. The molecular formula is C22H21N3O3S. The number of carbonyl (C=O) groups excluding carboxylic acids is 3. The monoisotopic (exact) mass is 407 g/mol. The van der Waals surface area contributed by atoms with Gasteiger partial charge in [-0.2, -0.15) is 0 Å². The van der Waals surface area contributed by atoms with Gasteiger partial charge in [-0.05, 0) is 41.3 Å². The lowest BCUT2D eigenvalue weighted by Gasteiger charge is -2.19. The molecule has 2 N–H and O–H groups in total. The molecule has 6 nitrogen and oxygen atoms in total. The number of amides is 3. The highest BCUT2D eigenvalue weighted by atomic mass is 32.1. The summed E-state index contributed by atoms with van der Waals surface area (Å²) in [6.07, 6.45) is 0. The maximum Gasteiger partial charge on any atom is 0.265 e. The summed E-state index contributed by atoms with van der Waals surface area (Å²) in [5, 5.41) is 7.22. The predicted molar refractivity (Wildman–Crippen MR) is 114 cm³/mol. The van der Waals surface area contributed by atoms with E-state index in [0.29, 0.717) is 28.2 Å². The molecule has 0 fully saturated rings. The molecule has 3 aromatic rings. The summed E-state index contributed by atoms with van der Waals surface area (Å²) >= 11 is 1.34. The summed E-state index contributed by atoms with van der Waals surface area (Å²) in [6.45, 7) is 0.375. The molecule has 0 unspecified atom stereocenters. The van der Waals surface area contributed by atoms with E-state index in [1.165, 1.54) is 11.3 Å². The van der Waals surface area contributed by atoms with Gasteiger partial charge in [-0.1, -0.05) is 30.3 Å². The highest BCUT2D eigenvalue weighted by Gasteiger charge is 2.18. The van der Waals surface area contributed by atoms with Crippen LogP contribution < -0.4 is 10.6 Å². The van der Waals surface area contributed by atoms with Crippen molar-refractivity contribution in [3.05, 3.63) is 87.6 Å². The molecule has 3 amide bonds. The van der Waals surface area contributed by atoms with Crippen LogP contribution in [0.4, 0.5) is 5.69 Å². The zero-order valence-corrected chi connectivity index (χ0v) is 17.0. The average Bonchev–Trinajstić information content (AvgIpc) is 3.28. The van der Waals surface area contributed by atoms with Gasteiger partial charge in [-0.3, -0.25) is 14.4 Å². The van der Waals surface area contributed by atoms with E-state index in [-0.39, 0.29) is 17.7 Å². The van der Waals surface area contributed by atoms with Crippen LogP contribution in [0.5, 0.6) is 0 Å². The van der Waals surface area contributed by atoms with Crippen molar-refractivity contribution in [2.24, 2.45) is 0 Å². The summed E-state index contributed by atoms with van der Waals surface area (Å²) in [5.41, 5.74) is 2.35. The topological polar surface area (TPSA) is 78.5 Å². The highest BCUT2D eigenvalue weighted by Crippen LogP contribution is 2.20. The molecule has 0 radical (unpaired) electrons. The van der Waals surface area contributed by atoms with Gasteiger partial charge in [-0.25, -0.2) is 0 Å². The number of anilines is 1. The Morgan fingerprint density at radius 3 is 2.31 bits per heavy atom. The van der Waals surface area contributed by atoms with Crippen molar-refractivity contribution >= 4 is 34.7 Å². The number of para-hydroxylation sites is 1. The number of hydrogen-bond acceptors (Lipinski definition) is 4. The first kappa shape index (κ1) is 20.3. The zero-order valence-electron chi connectivity index (χ0n) is 16.1. The van der Waals surface area contributed by atoms with Crippen LogP contribution in [0.2, 0.25) is 0 Å². The van der Waals surface area contributed by atoms with E-state index in [1.807, 2.05) is 17.5 Å². The summed E-state index contributed by atoms with van der Waals surface area (Å²) < 4.78 is 0. The Labute approximate surface area is 173 Å². The third kappa shape index (κ3) is 4.89. The Balaban J connectivity index is 1.72. The van der Waals surface area contributed by atoms with Gasteiger partial charge < -0.3 is 15.5 Å². The summed E-state index contributed by atoms with van der Waals surface area (Å²) in [4.78, 5) is 39.1. The first-order valence-corrected chi connectivity index (χ1v) is 9.88. The largest absolute Gasteiger partial charge is 0.355 e. The molecule has 0 atom stereocenters. The highest BCUT2D eigenvalue weighted by molar-refractivity contribution is 7.12. The number of benzene rings is 2. The van der Waals surface area contributed by atoms with Crippen molar-refractivity contribution in [3.8, 4) is 0 Å². The molecule has 0 aliphatic rings. The maximum atomic E-state index is 13.0. The Kier molecular flexibility index (Phi) is 6.41. The van der Waals surface area contributed by atoms with Crippen molar-refractivity contribution in [1.29, 1.82) is 0 Å². The minimum absolute atomic E-state index is 0.156. The molecule has 0 bridgehead atoms. The molecule has 29 heavy (non-hydrogen) atoms. The van der Waals surface area contributed by atoms with Gasteiger partial charge in [0, 0.05) is 26.2 Å². The van der Waals surface area contributed by atoms with Gasteiger partial charge in [-0.15, -0.1) is 11.3 Å². The van der Waals surface area contributed by atoms with E-state index >= 15 is 0 Å². The lowest BCUT2D eigenvalue weighted by molar-refractivity contribution is 0.0785. The number of nitrogens with one attached hydrogen (secondary N) is 2. The van der Waals surface area contributed by atoms with Crippen molar-refractivity contribution < 1.29 is 14.4 Å². The van der Waals surface area contributed by atoms with Gasteiger partial charge in [0.2, 0.25) is 0 Å². The second-order valence-electron chi connectivity index (χ2n) is 6.41. The Morgan fingerprint density at radius 2 is 1.66 bits per heavy atom. The number of thiophene rings is 1. The Morgan fingerprint density at radius 1 is 0.931 bits per heavy atom. The van der Waals surface area contributed by atoms with E-state index in [9.17, 15) is 14.4 Å². The lowest BCUT2D eigenvalue weighted by atomic mass is 10.1. The van der Waals surface area contributed by atoms with Crippen LogP contribution in [-0.4, -0.2) is 36.7 Å². The molecule has 148 valence electrons. The number of hydrogen-bond donors (Lipinski definition) is 2. The van der Waals surface area contributed by atoms with Crippen LogP contribution in [-0.2, 0) is 6.54 Å². The molecule has 7 heteroatoms. The van der Waals surface area contributed by atoms with Crippen molar-refractivity contribution in [2.75, 3.05) is 19.4 Å². The average molecular weight is 407 g/mol. The smallest absolute Gasteiger partial charge is 0.265 e. The van der Waals surface area contributed by atoms with Gasteiger partial charge >= 0.3 is 0 Å². The normalized spacial score (nSPS) is 10.3. The van der Waals surface area contributed by atoms with E-state index in [0.717, 1.165) is 5.56 Å². The predicted octanol–water partition coefficient (Wildman–Crippen LogP) is 3.63.